The summed E-state index contributed by atoms with van der Waals surface area (Å²) < 4.78 is 1.94. The second-order valence-corrected chi connectivity index (χ2v) is 9.55. The van der Waals surface area contributed by atoms with E-state index in [1.54, 1.807) is 0 Å². The zero-order valence-electron chi connectivity index (χ0n) is 16.8. The molecule has 4 fully saturated rings. The molecule has 0 saturated heterocycles. The second kappa shape index (κ2) is 7.40. The highest BCUT2D eigenvalue weighted by atomic mass is 16.1. The van der Waals surface area contributed by atoms with Gasteiger partial charge in [0.25, 0.3) is 5.91 Å². The second-order valence-electron chi connectivity index (χ2n) is 9.55. The standard InChI is InChI=1S/C25H28N2O2/c28-23(25-13-19-10-20(14-25)12-21(11-19)15-25)17-27-8-6-22(7-9-27)24(29)26-16-18-4-2-1-3-5-18/h1-9,19-21H,10-17H2/p+1. The first-order valence-electron chi connectivity index (χ1n) is 10.9. The Bertz CT molecular complexity index is 869. The maximum atomic E-state index is 13.2. The summed E-state index contributed by atoms with van der Waals surface area (Å²) in [5, 5.41) is 2.95. The quantitative estimate of drug-likeness (QED) is 0.766. The van der Waals surface area contributed by atoms with Crippen LogP contribution < -0.4 is 9.88 Å². The van der Waals surface area contributed by atoms with Gasteiger partial charge in [-0.05, 0) is 61.8 Å². The van der Waals surface area contributed by atoms with Gasteiger partial charge in [0.05, 0.1) is 5.56 Å². The SMILES string of the molecule is O=C(NCc1ccccc1)c1cc[n+](CC(=O)C23CC4CC(CC(C4)C2)C3)cc1. The molecule has 1 N–H and O–H groups in total. The number of amides is 1. The first-order valence-corrected chi connectivity index (χ1v) is 10.9. The minimum atomic E-state index is -0.0894. The fourth-order valence-electron chi connectivity index (χ4n) is 6.38. The Labute approximate surface area is 172 Å². The van der Waals surface area contributed by atoms with Gasteiger partial charge in [0.15, 0.2) is 12.4 Å². The average molecular weight is 390 g/mol. The Morgan fingerprint density at radius 2 is 1.48 bits per heavy atom. The van der Waals surface area contributed by atoms with Crippen molar-refractivity contribution in [1.29, 1.82) is 0 Å². The van der Waals surface area contributed by atoms with Gasteiger partial charge in [-0.3, -0.25) is 9.59 Å². The number of hydrogen-bond donors (Lipinski definition) is 1. The summed E-state index contributed by atoms with van der Waals surface area (Å²) in [6.45, 7) is 0.942. The third-order valence-corrected chi connectivity index (χ3v) is 7.41. The van der Waals surface area contributed by atoms with E-state index in [2.05, 4.69) is 5.32 Å². The average Bonchev–Trinajstić information content (AvgIpc) is 2.72. The number of carbonyl (C=O) groups excluding carboxylic acids is 2. The van der Waals surface area contributed by atoms with Crippen LogP contribution in [0.1, 0.15) is 54.4 Å². The molecule has 4 bridgehead atoms. The molecule has 4 heteroatoms. The van der Waals surface area contributed by atoms with Gasteiger partial charge < -0.3 is 5.32 Å². The number of Topliss-reactive ketones (excluding diaryl/α,β-unsaturated/α-hetero) is 1. The van der Waals surface area contributed by atoms with Crippen LogP contribution >= 0.6 is 0 Å². The van der Waals surface area contributed by atoms with Crippen molar-refractivity contribution in [2.45, 2.75) is 51.6 Å². The van der Waals surface area contributed by atoms with E-state index < -0.39 is 0 Å². The summed E-state index contributed by atoms with van der Waals surface area (Å²) >= 11 is 0. The van der Waals surface area contributed by atoms with Crippen LogP contribution in [-0.2, 0) is 17.9 Å². The Morgan fingerprint density at radius 1 is 0.897 bits per heavy atom. The van der Waals surface area contributed by atoms with E-state index in [-0.39, 0.29) is 11.3 Å². The minimum absolute atomic E-state index is 0.0620. The summed E-state index contributed by atoms with van der Waals surface area (Å²) in [6.07, 6.45) is 11.1. The Balaban J connectivity index is 1.20. The molecule has 1 aromatic heterocycles. The maximum absolute atomic E-state index is 13.2. The third kappa shape index (κ3) is 3.73. The number of carbonyl (C=O) groups is 2. The number of ketones is 1. The molecule has 0 spiro atoms. The molecule has 6 rings (SSSR count). The molecule has 0 radical (unpaired) electrons. The van der Waals surface area contributed by atoms with Gasteiger partial charge >= 0.3 is 0 Å². The van der Waals surface area contributed by atoms with Crippen LogP contribution in [-0.4, -0.2) is 11.7 Å². The lowest BCUT2D eigenvalue weighted by Gasteiger charge is -2.55. The van der Waals surface area contributed by atoms with Gasteiger partial charge in [-0.1, -0.05) is 30.3 Å². The lowest BCUT2D eigenvalue weighted by atomic mass is 9.48. The molecule has 0 aliphatic heterocycles. The molecule has 150 valence electrons. The van der Waals surface area contributed by atoms with Crippen LogP contribution in [0.2, 0.25) is 0 Å². The van der Waals surface area contributed by atoms with Crippen LogP contribution in [0.15, 0.2) is 54.9 Å². The summed E-state index contributed by atoms with van der Waals surface area (Å²) in [7, 11) is 0. The van der Waals surface area contributed by atoms with Gasteiger partial charge in [-0.15, -0.1) is 0 Å². The third-order valence-electron chi connectivity index (χ3n) is 7.41. The van der Waals surface area contributed by atoms with Crippen LogP contribution in [0.3, 0.4) is 0 Å². The highest BCUT2D eigenvalue weighted by Gasteiger charge is 2.54. The number of pyridine rings is 1. The molecule has 1 amide bonds. The fraction of sp³-hybridized carbons (Fsp3) is 0.480. The van der Waals surface area contributed by atoms with E-state index in [9.17, 15) is 9.59 Å². The van der Waals surface area contributed by atoms with E-state index in [4.69, 9.17) is 0 Å². The smallest absolute Gasteiger partial charge is 0.252 e. The van der Waals surface area contributed by atoms with Crippen molar-refractivity contribution in [3.63, 3.8) is 0 Å². The summed E-state index contributed by atoms with van der Waals surface area (Å²) in [4.78, 5) is 25.6. The lowest BCUT2D eigenvalue weighted by molar-refractivity contribution is -0.685. The fourth-order valence-corrected chi connectivity index (χ4v) is 6.38. The molecule has 4 nitrogen and oxygen atoms in total. The van der Waals surface area contributed by atoms with Gasteiger partial charge in [0, 0.05) is 24.1 Å². The minimum Gasteiger partial charge on any atom is -0.348 e. The molecule has 4 aliphatic carbocycles. The van der Waals surface area contributed by atoms with Gasteiger partial charge in [0.2, 0.25) is 12.3 Å². The number of rotatable bonds is 6. The molecule has 0 atom stereocenters. The number of aromatic nitrogens is 1. The van der Waals surface area contributed by atoms with Gasteiger partial charge in [-0.2, -0.15) is 4.57 Å². The van der Waals surface area contributed by atoms with Gasteiger partial charge in [-0.25, -0.2) is 0 Å². The van der Waals surface area contributed by atoms with E-state index >= 15 is 0 Å². The topological polar surface area (TPSA) is 50.1 Å². The molecule has 1 aromatic carbocycles. The highest BCUT2D eigenvalue weighted by molar-refractivity contribution is 5.93. The van der Waals surface area contributed by atoms with Crippen LogP contribution in [0.5, 0.6) is 0 Å². The van der Waals surface area contributed by atoms with Crippen molar-refractivity contribution in [2.24, 2.45) is 23.2 Å². The molecular weight excluding hydrogens is 360 g/mol. The molecule has 1 heterocycles. The van der Waals surface area contributed by atoms with E-state index in [0.29, 0.717) is 24.4 Å². The van der Waals surface area contributed by atoms with Crippen molar-refractivity contribution >= 4 is 11.7 Å². The Kier molecular flexibility index (Phi) is 4.73. The number of hydrogen-bond acceptors (Lipinski definition) is 2. The summed E-state index contributed by atoms with van der Waals surface area (Å²) in [5.41, 5.74) is 1.64. The zero-order valence-corrected chi connectivity index (χ0v) is 16.8. The molecular formula is C25H29N2O2+. The summed E-state index contributed by atoms with van der Waals surface area (Å²) in [6, 6.07) is 13.5. The molecule has 2 aromatic rings. The molecule has 29 heavy (non-hydrogen) atoms. The number of nitrogens with zero attached hydrogens (tertiary/aromatic N) is 1. The van der Waals surface area contributed by atoms with Crippen molar-refractivity contribution in [3.05, 3.63) is 66.0 Å². The normalized spacial score (nSPS) is 29.6. The van der Waals surface area contributed by atoms with Crippen LogP contribution in [0.25, 0.3) is 0 Å². The number of nitrogens with one attached hydrogen (secondary N) is 1. The van der Waals surface area contributed by atoms with Crippen molar-refractivity contribution in [1.82, 2.24) is 5.32 Å². The predicted octanol–water partition coefficient (Wildman–Crippen LogP) is 3.69. The van der Waals surface area contributed by atoms with Crippen LogP contribution in [0.4, 0.5) is 0 Å². The van der Waals surface area contributed by atoms with Crippen molar-refractivity contribution in [3.8, 4) is 0 Å². The first kappa shape index (κ1) is 18.5. The monoisotopic (exact) mass is 389 g/mol. The maximum Gasteiger partial charge on any atom is 0.252 e. The molecule has 4 saturated carbocycles. The van der Waals surface area contributed by atoms with Crippen molar-refractivity contribution in [2.75, 3.05) is 0 Å². The van der Waals surface area contributed by atoms with Crippen LogP contribution in [0, 0.1) is 23.2 Å². The van der Waals surface area contributed by atoms with E-state index in [1.807, 2.05) is 59.4 Å². The Morgan fingerprint density at radius 3 is 2.07 bits per heavy atom. The lowest BCUT2D eigenvalue weighted by Crippen LogP contribution is -2.53. The Hall–Kier alpha value is -2.49. The van der Waals surface area contributed by atoms with Crippen molar-refractivity contribution < 1.29 is 14.2 Å². The van der Waals surface area contributed by atoms with E-state index in [1.165, 1.54) is 19.3 Å². The highest BCUT2D eigenvalue weighted by Crippen LogP contribution is 2.60. The predicted molar refractivity (Wildman–Crippen MR) is 110 cm³/mol. The zero-order chi connectivity index (χ0) is 19.8. The molecule has 4 aliphatic rings. The van der Waals surface area contributed by atoms with Gasteiger partial charge in [0.1, 0.15) is 0 Å². The van der Waals surface area contributed by atoms with E-state index in [0.717, 1.165) is 42.6 Å². The summed E-state index contributed by atoms with van der Waals surface area (Å²) in [5.74, 6) is 2.67. The molecule has 0 unspecified atom stereocenters. The number of benzene rings is 1. The largest absolute Gasteiger partial charge is 0.348 e. The first-order chi connectivity index (χ1) is 14.1.